The molecule has 30 heavy (non-hydrogen) atoms. The van der Waals surface area contributed by atoms with Gasteiger partial charge in [0.25, 0.3) is 0 Å². The second kappa shape index (κ2) is 8.52. The van der Waals surface area contributed by atoms with Crippen molar-refractivity contribution in [2.24, 2.45) is 17.8 Å². The van der Waals surface area contributed by atoms with Crippen molar-refractivity contribution in [3.8, 4) is 0 Å². The van der Waals surface area contributed by atoms with E-state index < -0.39 is 5.97 Å². The van der Waals surface area contributed by atoms with Crippen LogP contribution < -0.4 is 10.6 Å². The predicted molar refractivity (Wildman–Crippen MR) is 109 cm³/mol. The summed E-state index contributed by atoms with van der Waals surface area (Å²) in [5.41, 5.74) is 1.47. The summed E-state index contributed by atoms with van der Waals surface area (Å²) in [7, 11) is 1.30. The number of nitrogens with zero attached hydrogens (tertiary/aromatic N) is 2. The summed E-state index contributed by atoms with van der Waals surface area (Å²) in [6, 6.07) is 6.70. The Morgan fingerprint density at radius 2 is 2.07 bits per heavy atom. The molecular formula is C22H24N4O4. The summed E-state index contributed by atoms with van der Waals surface area (Å²) in [5.74, 6) is 0.101. The van der Waals surface area contributed by atoms with Crippen LogP contribution in [0.25, 0.3) is 0 Å². The Hall–Kier alpha value is -3.42. The number of methoxy groups -OCH3 is 1. The maximum absolute atomic E-state index is 12.6. The molecule has 3 atom stereocenters. The molecule has 4 rings (SSSR count). The van der Waals surface area contributed by atoms with Gasteiger partial charge in [-0.3, -0.25) is 14.3 Å². The zero-order valence-electron chi connectivity index (χ0n) is 16.7. The lowest BCUT2D eigenvalue weighted by atomic mass is 9.93. The highest BCUT2D eigenvalue weighted by Crippen LogP contribution is 2.43. The minimum atomic E-state index is -0.510. The molecule has 156 valence electrons. The number of carbonyl (C=O) groups is 3. The first-order valence-electron chi connectivity index (χ1n) is 9.97. The first-order chi connectivity index (χ1) is 14.5. The number of hydrogen-bond donors (Lipinski definition) is 2. The van der Waals surface area contributed by atoms with Gasteiger partial charge in [0.2, 0.25) is 11.8 Å². The third kappa shape index (κ3) is 4.42. The van der Waals surface area contributed by atoms with Gasteiger partial charge in [0.05, 0.1) is 12.7 Å². The lowest BCUT2D eigenvalue weighted by Crippen LogP contribution is -2.32. The molecule has 2 aliphatic rings. The second-order valence-corrected chi connectivity index (χ2v) is 7.77. The van der Waals surface area contributed by atoms with E-state index >= 15 is 0 Å². The number of esters is 1. The van der Waals surface area contributed by atoms with Crippen LogP contribution in [0.4, 0.5) is 5.69 Å². The number of amides is 2. The molecule has 2 aliphatic carbocycles. The van der Waals surface area contributed by atoms with Gasteiger partial charge in [0, 0.05) is 30.5 Å². The number of nitrogens with one attached hydrogen (secondary N) is 2. The molecule has 0 saturated heterocycles. The summed E-state index contributed by atoms with van der Waals surface area (Å²) >= 11 is 0. The number of rotatable bonds is 7. The molecule has 2 N–H and O–H groups in total. The van der Waals surface area contributed by atoms with E-state index in [9.17, 15) is 14.4 Å². The molecule has 1 aromatic carbocycles. The minimum Gasteiger partial charge on any atom is -0.465 e. The SMILES string of the molecule is COC(=O)c1cc(CNC(=O)[C@@H]2C[C@@H]3C=C[C@H]2C3)cc(NC(=O)Cn2cccn2)c1. The maximum Gasteiger partial charge on any atom is 0.337 e. The molecule has 8 nitrogen and oxygen atoms in total. The Labute approximate surface area is 174 Å². The zero-order chi connectivity index (χ0) is 21.1. The van der Waals surface area contributed by atoms with Gasteiger partial charge in [0.1, 0.15) is 6.54 Å². The van der Waals surface area contributed by atoms with Gasteiger partial charge in [-0.05, 0) is 54.5 Å². The molecule has 1 aromatic heterocycles. The predicted octanol–water partition coefficient (Wildman–Crippen LogP) is 2.14. The highest BCUT2D eigenvalue weighted by Gasteiger charge is 2.39. The quantitative estimate of drug-likeness (QED) is 0.540. The Bertz CT molecular complexity index is 983. The summed E-state index contributed by atoms with van der Waals surface area (Å²) in [5, 5.41) is 9.76. The van der Waals surface area contributed by atoms with Gasteiger partial charge >= 0.3 is 5.97 Å². The largest absolute Gasteiger partial charge is 0.465 e. The van der Waals surface area contributed by atoms with Gasteiger partial charge in [-0.2, -0.15) is 5.10 Å². The van der Waals surface area contributed by atoms with E-state index in [2.05, 4.69) is 27.9 Å². The molecule has 8 heteroatoms. The number of carbonyl (C=O) groups excluding carboxylic acids is 3. The van der Waals surface area contributed by atoms with Gasteiger partial charge in [-0.15, -0.1) is 0 Å². The van der Waals surface area contributed by atoms with E-state index in [0.29, 0.717) is 28.7 Å². The Morgan fingerprint density at radius 1 is 1.20 bits per heavy atom. The first kappa shape index (κ1) is 19.9. The fraction of sp³-hybridized carbons (Fsp3) is 0.364. The number of anilines is 1. The molecule has 0 radical (unpaired) electrons. The third-order valence-corrected chi connectivity index (χ3v) is 5.64. The van der Waals surface area contributed by atoms with Crippen molar-refractivity contribution in [2.75, 3.05) is 12.4 Å². The van der Waals surface area contributed by atoms with Gasteiger partial charge in [-0.25, -0.2) is 4.79 Å². The lowest BCUT2D eigenvalue weighted by Gasteiger charge is -2.18. The number of benzene rings is 1. The number of aromatic nitrogens is 2. The number of fused-ring (bicyclic) bond motifs is 2. The van der Waals surface area contributed by atoms with E-state index in [0.717, 1.165) is 12.8 Å². The Kier molecular flexibility index (Phi) is 5.65. The Morgan fingerprint density at radius 3 is 2.73 bits per heavy atom. The van der Waals surface area contributed by atoms with E-state index in [4.69, 9.17) is 4.74 Å². The second-order valence-electron chi connectivity index (χ2n) is 7.77. The van der Waals surface area contributed by atoms with Crippen LogP contribution in [0.15, 0.2) is 48.8 Å². The molecule has 1 heterocycles. The summed E-state index contributed by atoms with van der Waals surface area (Å²) < 4.78 is 6.32. The van der Waals surface area contributed by atoms with Gasteiger partial charge in [-0.1, -0.05) is 12.2 Å². The minimum absolute atomic E-state index is 0.0111. The van der Waals surface area contributed by atoms with Crippen molar-refractivity contribution in [3.05, 3.63) is 59.9 Å². The van der Waals surface area contributed by atoms with E-state index in [1.54, 1.807) is 36.7 Å². The third-order valence-electron chi connectivity index (χ3n) is 5.64. The molecule has 1 saturated carbocycles. The molecule has 0 unspecified atom stereocenters. The Balaban J connectivity index is 1.44. The lowest BCUT2D eigenvalue weighted by molar-refractivity contribution is -0.125. The average Bonchev–Trinajstić information content (AvgIpc) is 3.49. The number of allylic oxidation sites excluding steroid dienone is 2. The van der Waals surface area contributed by atoms with E-state index in [1.165, 1.54) is 11.8 Å². The van der Waals surface area contributed by atoms with Crippen molar-refractivity contribution < 1.29 is 19.1 Å². The smallest absolute Gasteiger partial charge is 0.337 e. The maximum atomic E-state index is 12.6. The van der Waals surface area contributed by atoms with Crippen LogP contribution in [0.5, 0.6) is 0 Å². The van der Waals surface area contributed by atoms with Crippen LogP contribution in [-0.2, 0) is 27.4 Å². The molecule has 1 fully saturated rings. The average molecular weight is 408 g/mol. The van der Waals surface area contributed by atoms with E-state index in [1.807, 2.05) is 0 Å². The topological polar surface area (TPSA) is 102 Å². The van der Waals surface area contributed by atoms with Gasteiger partial charge < -0.3 is 15.4 Å². The highest BCUT2D eigenvalue weighted by atomic mass is 16.5. The molecule has 0 aliphatic heterocycles. The number of hydrogen-bond acceptors (Lipinski definition) is 5. The monoisotopic (exact) mass is 408 g/mol. The van der Waals surface area contributed by atoms with E-state index in [-0.39, 0.29) is 30.8 Å². The molecule has 0 spiro atoms. The van der Waals surface area contributed by atoms with Crippen molar-refractivity contribution in [2.45, 2.75) is 25.9 Å². The van der Waals surface area contributed by atoms with Crippen molar-refractivity contribution >= 4 is 23.5 Å². The fourth-order valence-electron chi connectivity index (χ4n) is 4.25. The van der Waals surface area contributed by atoms with Crippen molar-refractivity contribution in [3.63, 3.8) is 0 Å². The van der Waals surface area contributed by atoms with Crippen LogP contribution >= 0.6 is 0 Å². The van der Waals surface area contributed by atoms with Crippen LogP contribution in [0, 0.1) is 17.8 Å². The van der Waals surface area contributed by atoms with Gasteiger partial charge in [0.15, 0.2) is 0 Å². The normalized spacial score (nSPS) is 21.4. The molecule has 2 aromatic rings. The first-order valence-corrected chi connectivity index (χ1v) is 9.97. The molecular weight excluding hydrogens is 384 g/mol. The highest BCUT2D eigenvalue weighted by molar-refractivity contribution is 5.94. The van der Waals surface area contributed by atoms with Crippen molar-refractivity contribution in [1.29, 1.82) is 0 Å². The summed E-state index contributed by atoms with van der Waals surface area (Å²) in [6.07, 6.45) is 9.58. The summed E-state index contributed by atoms with van der Waals surface area (Å²) in [4.78, 5) is 36.9. The molecule has 2 bridgehead atoms. The van der Waals surface area contributed by atoms with Crippen LogP contribution in [-0.4, -0.2) is 34.7 Å². The zero-order valence-corrected chi connectivity index (χ0v) is 16.7. The molecule has 2 amide bonds. The number of ether oxygens (including phenoxy) is 1. The fourth-order valence-corrected chi connectivity index (χ4v) is 4.25. The standard InChI is InChI=1S/C22H24N4O4/c1-30-22(29)17-8-15(12-23-21(28)19-10-14-3-4-16(19)7-14)9-18(11-17)25-20(27)13-26-6-2-5-24-26/h2-6,8-9,11,14,16,19H,7,10,12-13H2,1H3,(H,23,28)(H,25,27)/t14-,16+,19-/m1/s1. The van der Waals surface area contributed by atoms with Crippen LogP contribution in [0.1, 0.15) is 28.8 Å². The van der Waals surface area contributed by atoms with Crippen LogP contribution in [0.2, 0.25) is 0 Å². The van der Waals surface area contributed by atoms with Crippen LogP contribution in [0.3, 0.4) is 0 Å². The summed E-state index contributed by atoms with van der Waals surface area (Å²) in [6.45, 7) is 0.322. The van der Waals surface area contributed by atoms with Crippen molar-refractivity contribution in [1.82, 2.24) is 15.1 Å².